The third-order valence-electron chi connectivity index (χ3n) is 6.58. The number of amidine groups is 1. The zero-order chi connectivity index (χ0) is 18.2. The van der Waals surface area contributed by atoms with E-state index >= 15 is 0 Å². The van der Waals surface area contributed by atoms with E-state index in [4.69, 9.17) is 5.10 Å². The van der Waals surface area contributed by atoms with E-state index in [9.17, 15) is 0 Å². The quantitative estimate of drug-likeness (QED) is 0.619. The third-order valence-corrected chi connectivity index (χ3v) is 6.58. The molecular formula is C24H21N3. The first-order valence-electron chi connectivity index (χ1n) is 9.69. The molecule has 3 nitrogen and oxygen atoms in total. The second-order valence-corrected chi connectivity index (χ2v) is 7.87. The van der Waals surface area contributed by atoms with Gasteiger partial charge < -0.3 is 0 Å². The predicted octanol–water partition coefficient (Wildman–Crippen LogP) is 5.36. The van der Waals surface area contributed by atoms with Gasteiger partial charge in [-0.2, -0.15) is 5.10 Å². The van der Waals surface area contributed by atoms with E-state index < -0.39 is 0 Å². The van der Waals surface area contributed by atoms with Gasteiger partial charge in [-0.25, -0.2) is 5.01 Å². The average Bonchev–Trinajstić information content (AvgIpc) is 3.25. The molecule has 0 fully saturated rings. The molecule has 0 amide bonds. The molecule has 2 unspecified atom stereocenters. The predicted molar refractivity (Wildman–Crippen MR) is 111 cm³/mol. The zero-order valence-corrected chi connectivity index (χ0v) is 15.6. The Hall–Kier alpha value is -3.07. The highest BCUT2D eigenvalue weighted by Crippen LogP contribution is 2.57. The number of rotatable bonds is 2. The Bertz CT molecular complexity index is 1100. The lowest BCUT2D eigenvalue weighted by Gasteiger charge is -2.37. The first-order chi connectivity index (χ1) is 13.2. The van der Waals surface area contributed by atoms with Crippen molar-refractivity contribution in [1.82, 2.24) is 0 Å². The lowest BCUT2D eigenvalue weighted by molar-refractivity contribution is 0.386. The molecule has 132 valence electrons. The van der Waals surface area contributed by atoms with E-state index in [1.54, 1.807) is 0 Å². The maximum Gasteiger partial charge on any atom is 0.163 e. The Labute approximate surface area is 159 Å². The van der Waals surface area contributed by atoms with Gasteiger partial charge >= 0.3 is 0 Å². The fourth-order valence-electron chi connectivity index (χ4n) is 5.08. The van der Waals surface area contributed by atoms with Gasteiger partial charge in [0.2, 0.25) is 0 Å². The first-order valence-corrected chi connectivity index (χ1v) is 9.69. The Balaban J connectivity index is 1.70. The summed E-state index contributed by atoms with van der Waals surface area (Å²) in [6.45, 7) is 4.69. The van der Waals surface area contributed by atoms with Crippen LogP contribution in [0.2, 0.25) is 0 Å². The van der Waals surface area contributed by atoms with Gasteiger partial charge in [-0.3, -0.25) is 4.90 Å². The Morgan fingerprint density at radius 3 is 2.33 bits per heavy atom. The van der Waals surface area contributed by atoms with Gasteiger partial charge in [0, 0.05) is 16.5 Å². The van der Waals surface area contributed by atoms with Crippen LogP contribution >= 0.6 is 0 Å². The molecule has 2 atom stereocenters. The van der Waals surface area contributed by atoms with Crippen LogP contribution in [0.25, 0.3) is 11.1 Å². The molecule has 0 saturated carbocycles. The molecule has 0 aromatic heterocycles. The topological polar surface area (TPSA) is 18.8 Å². The Morgan fingerprint density at radius 2 is 1.56 bits per heavy atom. The van der Waals surface area contributed by atoms with Crippen LogP contribution in [0.4, 0.5) is 11.4 Å². The fourth-order valence-corrected chi connectivity index (χ4v) is 5.08. The van der Waals surface area contributed by atoms with Crippen molar-refractivity contribution in [3.63, 3.8) is 0 Å². The van der Waals surface area contributed by atoms with Gasteiger partial charge in [-0.05, 0) is 29.7 Å². The second-order valence-electron chi connectivity index (χ2n) is 7.87. The molecule has 3 aliphatic heterocycles. The standard InChI is InChI=1S/C24H21N3/c1-3-24(2)20-15-9-14-18-17-12-7-8-13-19(17)22-25-27(16-10-5-4-6-11-16)23(24)26(22)21(18)20/h4-15,23H,3H2,1-2H3. The van der Waals surface area contributed by atoms with Crippen molar-refractivity contribution in [2.75, 3.05) is 9.91 Å². The Morgan fingerprint density at radius 1 is 0.852 bits per heavy atom. The van der Waals surface area contributed by atoms with Gasteiger partial charge in [0.05, 0.1) is 11.4 Å². The lowest BCUT2D eigenvalue weighted by Crippen LogP contribution is -2.50. The van der Waals surface area contributed by atoms with Gasteiger partial charge in [0.25, 0.3) is 0 Å². The second kappa shape index (κ2) is 5.01. The smallest absolute Gasteiger partial charge is 0.163 e. The van der Waals surface area contributed by atoms with Crippen LogP contribution in [0.1, 0.15) is 31.4 Å². The van der Waals surface area contributed by atoms with Crippen molar-refractivity contribution >= 4 is 17.2 Å². The van der Waals surface area contributed by atoms with Crippen molar-refractivity contribution in [1.29, 1.82) is 0 Å². The fraction of sp³-hybridized carbons (Fsp3) is 0.208. The number of hydrogen-bond donors (Lipinski definition) is 0. The summed E-state index contributed by atoms with van der Waals surface area (Å²) in [7, 11) is 0. The van der Waals surface area contributed by atoms with Crippen LogP contribution in [-0.2, 0) is 5.41 Å². The minimum absolute atomic E-state index is 0.00841. The molecule has 0 N–H and O–H groups in total. The molecule has 3 heterocycles. The molecule has 3 aromatic rings. The molecule has 3 aliphatic rings. The summed E-state index contributed by atoms with van der Waals surface area (Å²) in [5, 5.41) is 7.41. The molecule has 0 spiro atoms. The first kappa shape index (κ1) is 15.0. The van der Waals surface area contributed by atoms with E-state index in [1.165, 1.54) is 27.9 Å². The van der Waals surface area contributed by atoms with Gasteiger partial charge in [0.1, 0.15) is 6.17 Å². The van der Waals surface area contributed by atoms with Crippen molar-refractivity contribution in [2.45, 2.75) is 31.8 Å². The maximum atomic E-state index is 5.17. The summed E-state index contributed by atoms with van der Waals surface area (Å²) in [4.78, 5) is 2.49. The van der Waals surface area contributed by atoms with Crippen LogP contribution in [0.3, 0.4) is 0 Å². The maximum absolute atomic E-state index is 5.17. The number of para-hydroxylation sites is 2. The van der Waals surface area contributed by atoms with Crippen molar-refractivity contribution in [3.05, 3.63) is 83.9 Å². The average molecular weight is 351 g/mol. The van der Waals surface area contributed by atoms with Crippen molar-refractivity contribution < 1.29 is 0 Å². The van der Waals surface area contributed by atoms with Crippen LogP contribution < -0.4 is 9.91 Å². The summed E-state index contributed by atoms with van der Waals surface area (Å²) >= 11 is 0. The number of hydrogen-bond acceptors (Lipinski definition) is 3. The van der Waals surface area contributed by atoms with Gasteiger partial charge in [-0.15, -0.1) is 0 Å². The lowest BCUT2D eigenvalue weighted by atomic mass is 9.78. The summed E-state index contributed by atoms with van der Waals surface area (Å²) in [6, 6.07) is 26.1. The zero-order valence-electron chi connectivity index (χ0n) is 15.6. The third kappa shape index (κ3) is 1.70. The minimum Gasteiger partial charge on any atom is -0.300 e. The van der Waals surface area contributed by atoms with Gasteiger partial charge in [0.15, 0.2) is 5.84 Å². The monoisotopic (exact) mass is 351 g/mol. The number of nitrogens with zero attached hydrogens (tertiary/aromatic N) is 3. The van der Waals surface area contributed by atoms with Crippen LogP contribution in [0, 0.1) is 0 Å². The molecule has 0 aliphatic carbocycles. The number of fused-ring (bicyclic) bond motifs is 3. The molecule has 3 aromatic carbocycles. The Kier molecular flexibility index (Phi) is 2.79. The van der Waals surface area contributed by atoms with Crippen LogP contribution in [-0.4, -0.2) is 12.0 Å². The number of anilines is 2. The van der Waals surface area contributed by atoms with Crippen LogP contribution in [0.5, 0.6) is 0 Å². The highest BCUT2D eigenvalue weighted by atomic mass is 15.6. The van der Waals surface area contributed by atoms with Crippen LogP contribution in [0.15, 0.2) is 77.9 Å². The SMILES string of the molecule is CCC1(C)c2cccc3c2N2C(=NN(c4ccccc4)C21)c1ccccc1-3. The highest BCUT2D eigenvalue weighted by Gasteiger charge is 2.57. The normalized spacial score (nSPS) is 23.9. The van der Waals surface area contributed by atoms with E-state index in [0.29, 0.717) is 0 Å². The summed E-state index contributed by atoms with van der Waals surface area (Å²) in [6.07, 6.45) is 1.23. The van der Waals surface area contributed by atoms with E-state index in [-0.39, 0.29) is 11.6 Å². The molecule has 3 heteroatoms. The van der Waals surface area contributed by atoms with E-state index in [2.05, 4.69) is 96.6 Å². The number of hydrazone groups is 1. The van der Waals surface area contributed by atoms with Gasteiger partial charge in [-0.1, -0.05) is 74.5 Å². The minimum atomic E-state index is 0.00841. The largest absolute Gasteiger partial charge is 0.300 e. The summed E-state index contributed by atoms with van der Waals surface area (Å²) in [5.41, 5.74) is 7.80. The van der Waals surface area contributed by atoms with E-state index in [1.807, 2.05) is 0 Å². The molecule has 6 rings (SSSR count). The van der Waals surface area contributed by atoms with Crippen molar-refractivity contribution in [2.24, 2.45) is 5.10 Å². The summed E-state index contributed by atoms with van der Waals surface area (Å²) in [5.74, 6) is 1.08. The molecule has 0 bridgehead atoms. The highest BCUT2D eigenvalue weighted by molar-refractivity contribution is 6.22. The summed E-state index contributed by atoms with van der Waals surface area (Å²) < 4.78 is 0. The molecular weight excluding hydrogens is 330 g/mol. The number of benzene rings is 3. The van der Waals surface area contributed by atoms with Crippen molar-refractivity contribution in [3.8, 4) is 11.1 Å². The molecule has 0 saturated heterocycles. The molecule has 0 radical (unpaired) electrons. The van der Waals surface area contributed by atoms with E-state index in [0.717, 1.165) is 17.9 Å². The molecule has 27 heavy (non-hydrogen) atoms.